The third-order valence-electron chi connectivity index (χ3n) is 4.25. The van der Waals surface area contributed by atoms with Gasteiger partial charge in [-0.05, 0) is 30.7 Å². The molecule has 1 saturated carbocycles. The van der Waals surface area contributed by atoms with Crippen molar-refractivity contribution in [2.45, 2.75) is 38.1 Å². The second-order valence-electron chi connectivity index (χ2n) is 5.84. The smallest absolute Gasteiger partial charge is 0.199 e. The first-order valence-electron chi connectivity index (χ1n) is 7.67. The molecule has 0 radical (unpaired) electrons. The van der Waals surface area contributed by atoms with Crippen molar-refractivity contribution in [1.82, 2.24) is 9.03 Å². The summed E-state index contributed by atoms with van der Waals surface area (Å²) in [7, 11) is -1.99. The molecule has 1 N–H and O–H groups in total. The van der Waals surface area contributed by atoms with Crippen LogP contribution in [0.5, 0.6) is 0 Å². The van der Waals surface area contributed by atoms with Gasteiger partial charge in [-0.25, -0.2) is 0 Å². The van der Waals surface area contributed by atoms with E-state index >= 15 is 0 Å². The van der Waals surface area contributed by atoms with Crippen LogP contribution in [0.3, 0.4) is 0 Å². The number of nitrogens with one attached hydrogen (secondary N) is 1. The van der Waals surface area contributed by atoms with Crippen molar-refractivity contribution in [3.8, 4) is 6.07 Å². The SMILES string of the molecule is CN(CCC#N)S(=O)(=O)NC1CCCC1Cc1ccccc1. The summed E-state index contributed by atoms with van der Waals surface area (Å²) in [5.41, 5.74) is 1.25. The third kappa shape index (κ3) is 4.54. The zero-order chi connectivity index (χ0) is 16.0. The third-order valence-corrected chi connectivity index (χ3v) is 5.85. The Bertz CT molecular complexity index is 610. The largest absolute Gasteiger partial charge is 0.279 e. The van der Waals surface area contributed by atoms with Crippen LogP contribution in [0.1, 0.15) is 31.2 Å². The van der Waals surface area contributed by atoms with E-state index in [9.17, 15) is 8.42 Å². The summed E-state index contributed by atoms with van der Waals surface area (Å²) in [6.07, 6.45) is 4.07. The van der Waals surface area contributed by atoms with Gasteiger partial charge in [-0.3, -0.25) is 0 Å². The van der Waals surface area contributed by atoms with Crippen LogP contribution >= 0.6 is 0 Å². The molecule has 1 aliphatic rings. The molecule has 2 atom stereocenters. The van der Waals surface area contributed by atoms with Crippen molar-refractivity contribution in [2.24, 2.45) is 5.92 Å². The Hall–Kier alpha value is -1.42. The Morgan fingerprint density at radius 2 is 2.05 bits per heavy atom. The second kappa shape index (κ2) is 7.73. The molecule has 2 rings (SSSR count). The molecule has 120 valence electrons. The van der Waals surface area contributed by atoms with Crippen molar-refractivity contribution in [3.63, 3.8) is 0 Å². The number of rotatable bonds is 7. The Balaban J connectivity index is 1.97. The number of benzene rings is 1. The van der Waals surface area contributed by atoms with Gasteiger partial charge in [0.1, 0.15) is 0 Å². The van der Waals surface area contributed by atoms with E-state index in [1.165, 1.54) is 16.9 Å². The maximum atomic E-state index is 12.3. The maximum Gasteiger partial charge on any atom is 0.279 e. The van der Waals surface area contributed by atoms with Gasteiger partial charge in [0.05, 0.1) is 6.07 Å². The van der Waals surface area contributed by atoms with Crippen LogP contribution in [0.25, 0.3) is 0 Å². The predicted molar refractivity (Wildman–Crippen MR) is 86.2 cm³/mol. The lowest BCUT2D eigenvalue weighted by Crippen LogP contribution is -2.45. The van der Waals surface area contributed by atoms with Crippen LogP contribution in [-0.2, 0) is 16.6 Å². The highest BCUT2D eigenvalue weighted by Crippen LogP contribution is 2.29. The predicted octanol–water partition coefficient (Wildman–Crippen LogP) is 2.08. The van der Waals surface area contributed by atoms with Crippen molar-refractivity contribution >= 4 is 10.2 Å². The summed E-state index contributed by atoms with van der Waals surface area (Å²) in [4.78, 5) is 0. The van der Waals surface area contributed by atoms with Crippen LogP contribution in [0.15, 0.2) is 30.3 Å². The van der Waals surface area contributed by atoms with Gasteiger partial charge in [-0.15, -0.1) is 0 Å². The minimum atomic E-state index is -3.51. The molecule has 1 aromatic rings. The molecule has 2 unspecified atom stereocenters. The van der Waals surface area contributed by atoms with Crippen LogP contribution in [0.4, 0.5) is 0 Å². The van der Waals surface area contributed by atoms with Gasteiger partial charge in [0.15, 0.2) is 0 Å². The Morgan fingerprint density at radius 1 is 1.32 bits per heavy atom. The zero-order valence-corrected chi connectivity index (χ0v) is 13.7. The van der Waals surface area contributed by atoms with Crippen molar-refractivity contribution in [1.29, 1.82) is 5.26 Å². The lowest BCUT2D eigenvalue weighted by Gasteiger charge is -2.24. The Kier molecular flexibility index (Phi) is 5.95. The number of hydrogen-bond acceptors (Lipinski definition) is 3. The highest BCUT2D eigenvalue weighted by molar-refractivity contribution is 7.87. The molecule has 0 bridgehead atoms. The molecular formula is C16H23N3O2S. The summed E-state index contributed by atoms with van der Waals surface area (Å²) in [6.45, 7) is 0.224. The summed E-state index contributed by atoms with van der Waals surface area (Å²) < 4.78 is 28.6. The number of nitrogens with zero attached hydrogens (tertiary/aromatic N) is 2. The summed E-state index contributed by atoms with van der Waals surface area (Å²) in [5.74, 6) is 0.335. The molecule has 0 spiro atoms. The maximum absolute atomic E-state index is 12.3. The van der Waals surface area contributed by atoms with Gasteiger partial charge < -0.3 is 0 Å². The van der Waals surface area contributed by atoms with Crippen molar-refractivity contribution < 1.29 is 8.42 Å². The van der Waals surface area contributed by atoms with E-state index in [1.54, 1.807) is 0 Å². The first kappa shape index (κ1) is 16.9. The first-order valence-corrected chi connectivity index (χ1v) is 9.11. The van der Waals surface area contributed by atoms with E-state index in [0.29, 0.717) is 5.92 Å². The van der Waals surface area contributed by atoms with Gasteiger partial charge in [-0.2, -0.15) is 22.7 Å². The van der Waals surface area contributed by atoms with Crippen LogP contribution in [0.2, 0.25) is 0 Å². The normalized spacial score (nSPS) is 21.9. The minimum absolute atomic E-state index is 0.0188. The van der Waals surface area contributed by atoms with E-state index in [-0.39, 0.29) is 19.0 Å². The average molecular weight is 321 g/mol. The van der Waals surface area contributed by atoms with E-state index in [2.05, 4.69) is 16.9 Å². The molecule has 22 heavy (non-hydrogen) atoms. The van der Waals surface area contributed by atoms with Gasteiger partial charge in [0.25, 0.3) is 10.2 Å². The van der Waals surface area contributed by atoms with E-state index < -0.39 is 10.2 Å². The van der Waals surface area contributed by atoms with E-state index in [4.69, 9.17) is 5.26 Å². The molecule has 1 aromatic carbocycles. The van der Waals surface area contributed by atoms with Crippen molar-refractivity contribution in [3.05, 3.63) is 35.9 Å². The molecule has 0 aromatic heterocycles. The summed E-state index contributed by atoms with van der Waals surface area (Å²) >= 11 is 0. The van der Waals surface area contributed by atoms with Crippen LogP contribution < -0.4 is 4.72 Å². The van der Waals surface area contributed by atoms with Gasteiger partial charge >= 0.3 is 0 Å². The molecule has 0 aliphatic heterocycles. The quantitative estimate of drug-likeness (QED) is 0.835. The van der Waals surface area contributed by atoms with Crippen LogP contribution in [-0.4, -0.2) is 32.4 Å². The molecule has 1 aliphatic carbocycles. The number of hydrogen-bond donors (Lipinski definition) is 1. The molecule has 0 amide bonds. The zero-order valence-electron chi connectivity index (χ0n) is 12.9. The first-order chi connectivity index (χ1) is 10.5. The highest BCUT2D eigenvalue weighted by atomic mass is 32.2. The van der Waals surface area contributed by atoms with Gasteiger partial charge in [0, 0.05) is 26.1 Å². The fourth-order valence-corrected chi connectivity index (χ4v) is 4.17. The molecule has 5 nitrogen and oxygen atoms in total. The van der Waals surface area contributed by atoms with Crippen LogP contribution in [0, 0.1) is 17.2 Å². The van der Waals surface area contributed by atoms with Gasteiger partial charge in [0.2, 0.25) is 0 Å². The molecule has 0 heterocycles. The fourth-order valence-electron chi connectivity index (χ4n) is 2.96. The average Bonchev–Trinajstić information content (AvgIpc) is 2.92. The standard InChI is InChI=1S/C16H23N3O2S/c1-19(12-6-11-17)22(20,21)18-16-10-5-9-15(16)13-14-7-3-2-4-8-14/h2-4,7-8,15-16,18H,5-6,9-10,12-13H2,1H3. The minimum Gasteiger partial charge on any atom is -0.199 e. The highest BCUT2D eigenvalue weighted by Gasteiger charge is 2.32. The summed E-state index contributed by atoms with van der Waals surface area (Å²) in [5, 5.41) is 8.58. The fraction of sp³-hybridized carbons (Fsp3) is 0.562. The Morgan fingerprint density at radius 3 is 2.73 bits per heavy atom. The van der Waals surface area contributed by atoms with E-state index in [1.807, 2.05) is 24.3 Å². The van der Waals surface area contributed by atoms with Crippen molar-refractivity contribution in [2.75, 3.05) is 13.6 Å². The monoisotopic (exact) mass is 321 g/mol. The molecule has 1 fully saturated rings. The lowest BCUT2D eigenvalue weighted by atomic mass is 9.95. The topological polar surface area (TPSA) is 73.2 Å². The molecule has 6 heteroatoms. The summed E-state index contributed by atoms with van der Waals surface area (Å²) in [6, 6.07) is 12.1. The number of nitriles is 1. The molecule has 0 saturated heterocycles. The Labute approximate surface area is 133 Å². The second-order valence-corrected chi connectivity index (χ2v) is 7.65. The molecular weight excluding hydrogens is 298 g/mol. The van der Waals surface area contributed by atoms with E-state index in [0.717, 1.165) is 25.7 Å². The van der Waals surface area contributed by atoms with Gasteiger partial charge in [-0.1, -0.05) is 36.8 Å². The lowest BCUT2D eigenvalue weighted by molar-refractivity contribution is 0.411.